The minimum atomic E-state index is -4.42. The lowest BCUT2D eigenvalue weighted by molar-refractivity contribution is 0.534. The van der Waals surface area contributed by atoms with Crippen LogP contribution in [0.15, 0.2) is 40.1 Å². The molecule has 14 heteroatoms. The topological polar surface area (TPSA) is 181 Å². The normalized spacial score (nSPS) is 15.9. The number of nitrogens with two attached hydrogens (primary N) is 2. The molecular weight excluding hydrogens is 438 g/mol. The summed E-state index contributed by atoms with van der Waals surface area (Å²) in [6, 6.07) is 8.15. The van der Waals surface area contributed by atoms with Crippen molar-refractivity contribution in [3.63, 3.8) is 0 Å². The molecule has 8 N–H and O–H groups in total. The number of para-hydroxylation sites is 1. The van der Waals surface area contributed by atoms with E-state index in [4.69, 9.17) is 10.9 Å². The van der Waals surface area contributed by atoms with Crippen molar-refractivity contribution in [3.05, 3.63) is 35.9 Å². The highest BCUT2D eigenvalue weighted by atomic mass is 32.2. The molecular formula is C15H17N7O4S3. The van der Waals surface area contributed by atoms with Gasteiger partial charge in [-0.05, 0) is 17.7 Å². The smallest absolute Gasteiger partial charge is 0.239 e. The summed E-state index contributed by atoms with van der Waals surface area (Å²) in [4.78, 5) is 3.46. The molecule has 0 atom stereocenters. The van der Waals surface area contributed by atoms with E-state index in [-0.39, 0.29) is 10.5 Å². The second-order valence-electron chi connectivity index (χ2n) is 6.35. The van der Waals surface area contributed by atoms with Crippen molar-refractivity contribution in [1.82, 2.24) is 26.9 Å². The molecule has 0 unspecified atom stereocenters. The van der Waals surface area contributed by atoms with E-state index in [2.05, 4.69) is 26.9 Å². The van der Waals surface area contributed by atoms with Crippen molar-refractivity contribution in [2.24, 2.45) is 5.14 Å². The molecule has 0 spiro atoms. The van der Waals surface area contributed by atoms with E-state index in [0.717, 1.165) is 11.0 Å². The van der Waals surface area contributed by atoms with Gasteiger partial charge in [0.1, 0.15) is 11.1 Å². The zero-order chi connectivity index (χ0) is 21.0. The molecule has 1 fully saturated rings. The number of benzene rings is 2. The summed E-state index contributed by atoms with van der Waals surface area (Å²) in [5, 5.41) is 5.82. The largest absolute Gasteiger partial charge is 0.375 e. The Bertz CT molecular complexity index is 1330. The maximum atomic E-state index is 12.5. The highest BCUT2D eigenvalue weighted by Crippen LogP contribution is 2.40. The maximum absolute atomic E-state index is 12.5. The Hall–Kier alpha value is -2.17. The first-order valence-electron chi connectivity index (χ1n) is 8.13. The first kappa shape index (κ1) is 20.1. The summed E-state index contributed by atoms with van der Waals surface area (Å²) in [6.45, 7) is 0. The zero-order valence-electron chi connectivity index (χ0n) is 14.9. The van der Waals surface area contributed by atoms with Crippen molar-refractivity contribution >= 4 is 46.5 Å². The van der Waals surface area contributed by atoms with E-state index in [9.17, 15) is 16.8 Å². The van der Waals surface area contributed by atoms with E-state index in [1.165, 1.54) is 23.5 Å². The third-order valence-electron chi connectivity index (χ3n) is 4.35. The van der Waals surface area contributed by atoms with Gasteiger partial charge in [-0.3, -0.25) is 0 Å². The van der Waals surface area contributed by atoms with Crippen LogP contribution in [0.1, 0.15) is 11.7 Å². The number of aromatic nitrogens is 1. The molecule has 0 amide bonds. The molecule has 154 valence electrons. The molecule has 11 nitrogen and oxygen atoms in total. The average molecular weight is 456 g/mol. The van der Waals surface area contributed by atoms with Crippen LogP contribution in [0.4, 0.5) is 5.13 Å². The predicted molar refractivity (Wildman–Crippen MR) is 109 cm³/mol. The molecule has 2 heterocycles. The van der Waals surface area contributed by atoms with E-state index >= 15 is 0 Å². The number of primary sulfonamides is 1. The predicted octanol–water partition coefficient (Wildman–Crippen LogP) is -0.288. The SMILES string of the molecule is CS(=O)(=O)c1ccc(-c2cccc3sc(N)nc23)c(C2NNNN2)c1S(N)(=O)=O. The van der Waals surface area contributed by atoms with E-state index in [1.54, 1.807) is 12.1 Å². The summed E-state index contributed by atoms with van der Waals surface area (Å²) >= 11 is 1.29. The Kier molecular flexibility index (Phi) is 4.83. The lowest BCUT2D eigenvalue weighted by Gasteiger charge is -2.21. The highest BCUT2D eigenvalue weighted by Gasteiger charge is 2.33. The number of hydrogen-bond donors (Lipinski definition) is 6. The molecule has 4 rings (SSSR count). The van der Waals surface area contributed by atoms with Crippen LogP contribution in [-0.2, 0) is 19.9 Å². The summed E-state index contributed by atoms with van der Waals surface area (Å²) < 4.78 is 50.5. The van der Waals surface area contributed by atoms with Gasteiger partial charge in [0.2, 0.25) is 10.0 Å². The number of anilines is 1. The summed E-state index contributed by atoms with van der Waals surface area (Å²) in [5.41, 5.74) is 18.4. The number of hydrogen-bond acceptors (Lipinski definition) is 11. The van der Waals surface area contributed by atoms with Crippen molar-refractivity contribution in [1.29, 1.82) is 0 Å². The molecule has 1 aromatic heterocycles. The number of sulfonamides is 1. The van der Waals surface area contributed by atoms with E-state index in [0.29, 0.717) is 21.8 Å². The zero-order valence-corrected chi connectivity index (χ0v) is 17.4. The molecule has 2 aromatic carbocycles. The van der Waals surface area contributed by atoms with Crippen LogP contribution < -0.4 is 32.8 Å². The Morgan fingerprint density at radius 2 is 1.72 bits per heavy atom. The van der Waals surface area contributed by atoms with Crippen molar-refractivity contribution in [2.75, 3.05) is 12.0 Å². The van der Waals surface area contributed by atoms with Gasteiger partial charge in [0.05, 0.1) is 15.1 Å². The number of hydrazine groups is 3. The van der Waals surface area contributed by atoms with Crippen LogP contribution in [0.25, 0.3) is 21.3 Å². The molecule has 1 saturated heterocycles. The first-order valence-corrected chi connectivity index (χ1v) is 12.4. The maximum Gasteiger partial charge on any atom is 0.239 e. The number of nitrogens with one attached hydrogen (secondary N) is 4. The van der Waals surface area contributed by atoms with E-state index < -0.39 is 30.9 Å². The van der Waals surface area contributed by atoms with Gasteiger partial charge < -0.3 is 5.73 Å². The Balaban J connectivity index is 2.15. The van der Waals surface area contributed by atoms with Crippen molar-refractivity contribution < 1.29 is 16.8 Å². The van der Waals surface area contributed by atoms with Crippen molar-refractivity contribution in [2.45, 2.75) is 16.0 Å². The molecule has 0 aliphatic carbocycles. The number of sulfone groups is 1. The van der Waals surface area contributed by atoms with E-state index in [1.807, 2.05) is 6.07 Å². The number of nitrogen functional groups attached to an aromatic ring is 1. The Morgan fingerprint density at radius 1 is 1.03 bits per heavy atom. The Labute approximate surface area is 170 Å². The summed E-state index contributed by atoms with van der Waals surface area (Å²) in [6.07, 6.45) is 0.111. The quantitative estimate of drug-likeness (QED) is 0.306. The summed E-state index contributed by atoms with van der Waals surface area (Å²) in [7, 11) is -8.32. The van der Waals surface area contributed by atoms with Crippen LogP contribution >= 0.6 is 11.3 Å². The van der Waals surface area contributed by atoms with Crippen LogP contribution in [0.3, 0.4) is 0 Å². The second kappa shape index (κ2) is 6.96. The van der Waals surface area contributed by atoms with Gasteiger partial charge in [0.15, 0.2) is 15.0 Å². The molecule has 1 aliphatic rings. The molecule has 0 saturated carbocycles. The fraction of sp³-hybridized carbons (Fsp3) is 0.133. The fourth-order valence-corrected chi connectivity index (χ4v) is 6.47. The van der Waals surface area contributed by atoms with Crippen LogP contribution in [0.2, 0.25) is 0 Å². The lowest BCUT2D eigenvalue weighted by atomic mass is 9.97. The van der Waals surface area contributed by atoms with Crippen molar-refractivity contribution in [3.8, 4) is 11.1 Å². The Morgan fingerprint density at radius 3 is 2.34 bits per heavy atom. The highest BCUT2D eigenvalue weighted by molar-refractivity contribution is 7.93. The minimum absolute atomic E-state index is 0.131. The molecule has 1 aliphatic heterocycles. The first-order chi connectivity index (χ1) is 13.6. The van der Waals surface area contributed by atoms with Crippen LogP contribution in [-0.4, -0.2) is 28.1 Å². The number of thiazole rings is 1. The number of rotatable bonds is 4. The molecule has 3 aromatic rings. The lowest BCUT2D eigenvalue weighted by Crippen LogP contribution is -2.33. The third-order valence-corrected chi connectivity index (χ3v) is 7.48. The van der Waals surface area contributed by atoms with Crippen LogP contribution in [0, 0.1) is 0 Å². The van der Waals surface area contributed by atoms with Gasteiger partial charge >= 0.3 is 0 Å². The molecule has 29 heavy (non-hydrogen) atoms. The van der Waals surface area contributed by atoms with Gasteiger partial charge in [0.25, 0.3) is 0 Å². The molecule has 0 radical (unpaired) electrons. The fourth-order valence-electron chi connectivity index (χ4n) is 3.27. The minimum Gasteiger partial charge on any atom is -0.375 e. The number of fused-ring (bicyclic) bond motifs is 1. The van der Waals surface area contributed by atoms with Gasteiger partial charge in [-0.1, -0.05) is 29.5 Å². The number of nitrogens with zero attached hydrogens (tertiary/aromatic N) is 1. The third kappa shape index (κ3) is 3.60. The standard InChI is InChI=1S/C15H17N7O4S3/c1-28(23,24)10-6-5-7(8-3-2-4-9-12(8)18-15(16)27-9)11(13(10)29(17,25)26)14-19-21-22-20-14/h2-6,14,19-22H,1H3,(H2,16,18)(H2,17,25,26). The second-order valence-corrected chi connectivity index (χ2v) is 10.9. The van der Waals surface area contributed by atoms with Gasteiger partial charge in [0, 0.05) is 17.4 Å². The van der Waals surface area contributed by atoms with Gasteiger partial charge in [-0.25, -0.2) is 37.8 Å². The average Bonchev–Trinajstić information content (AvgIpc) is 3.27. The van der Waals surface area contributed by atoms with Gasteiger partial charge in [-0.2, -0.15) is 11.1 Å². The molecule has 0 bridgehead atoms. The monoisotopic (exact) mass is 455 g/mol. The van der Waals surface area contributed by atoms with Gasteiger partial charge in [-0.15, -0.1) is 0 Å². The summed E-state index contributed by atoms with van der Waals surface area (Å²) in [5.74, 6) is 0. The van der Waals surface area contributed by atoms with Crippen LogP contribution in [0.5, 0.6) is 0 Å².